The number of rotatable bonds is 7. The lowest BCUT2D eigenvalue weighted by Crippen LogP contribution is -2.32. The van der Waals surface area contributed by atoms with Gasteiger partial charge in [-0.1, -0.05) is 43.8 Å². The molecule has 0 saturated carbocycles. The molecule has 0 aliphatic heterocycles. The highest BCUT2D eigenvalue weighted by Crippen LogP contribution is 2.33. The molecule has 2 rings (SSSR count). The van der Waals surface area contributed by atoms with Crippen LogP contribution in [0.3, 0.4) is 0 Å². The van der Waals surface area contributed by atoms with Crippen molar-refractivity contribution in [1.29, 1.82) is 0 Å². The molecular weight excluding hydrogens is 375 g/mol. The monoisotopic (exact) mass is 396 g/mol. The molecule has 1 aromatic carbocycles. The van der Waals surface area contributed by atoms with Crippen LogP contribution in [0.25, 0.3) is 0 Å². The molecule has 3 amide bonds. The van der Waals surface area contributed by atoms with Gasteiger partial charge in [0.05, 0.1) is 0 Å². The maximum Gasteiger partial charge on any atom is 0.319 e. The fraction of sp³-hybridized carbons (Fsp3) is 0.353. The third kappa shape index (κ3) is 5.18. The topological polar surface area (TPSA) is 97.1 Å². The third-order valence-corrected chi connectivity index (χ3v) is 5.34. The molecule has 26 heavy (non-hydrogen) atoms. The van der Waals surface area contributed by atoms with Crippen LogP contribution in [0.15, 0.2) is 23.2 Å². The maximum absolute atomic E-state index is 14.1. The molecule has 0 aliphatic rings. The van der Waals surface area contributed by atoms with Crippen molar-refractivity contribution in [3.05, 3.63) is 40.7 Å². The van der Waals surface area contributed by atoms with E-state index in [0.717, 1.165) is 11.5 Å². The average molecular weight is 397 g/mol. The number of nitrogens with zero attached hydrogens (tertiary/aromatic N) is 1. The van der Waals surface area contributed by atoms with Gasteiger partial charge in [-0.15, -0.1) is 0 Å². The van der Waals surface area contributed by atoms with Crippen molar-refractivity contribution in [3.8, 4) is 0 Å². The Morgan fingerprint density at radius 2 is 2.12 bits per heavy atom. The Morgan fingerprint density at radius 3 is 2.77 bits per heavy atom. The van der Waals surface area contributed by atoms with Crippen molar-refractivity contribution >= 4 is 40.2 Å². The minimum atomic E-state index is -0.690. The molecule has 0 spiro atoms. The van der Waals surface area contributed by atoms with Crippen LogP contribution >= 0.6 is 23.3 Å². The van der Waals surface area contributed by atoms with E-state index in [1.54, 1.807) is 25.1 Å². The molecule has 0 aliphatic carbocycles. The number of benzene rings is 1. The van der Waals surface area contributed by atoms with Crippen molar-refractivity contribution in [1.82, 2.24) is 9.69 Å². The van der Waals surface area contributed by atoms with Gasteiger partial charge >= 0.3 is 6.03 Å². The van der Waals surface area contributed by atoms with E-state index in [-0.39, 0.29) is 16.4 Å². The van der Waals surface area contributed by atoms with Gasteiger partial charge in [0.2, 0.25) is 0 Å². The number of aryl methyl sites for hydroxylation is 1. The molecule has 140 valence electrons. The highest BCUT2D eigenvalue weighted by molar-refractivity contribution is 7.98. The first-order valence-corrected chi connectivity index (χ1v) is 9.76. The Morgan fingerprint density at radius 1 is 1.38 bits per heavy atom. The number of anilines is 1. The summed E-state index contributed by atoms with van der Waals surface area (Å²) in [4.78, 5) is 23.7. The zero-order valence-electron chi connectivity index (χ0n) is 14.8. The maximum atomic E-state index is 14.1. The number of carbonyl (C=O) groups is 2. The zero-order valence-corrected chi connectivity index (χ0v) is 16.4. The zero-order chi connectivity index (χ0) is 19.3. The summed E-state index contributed by atoms with van der Waals surface area (Å²) in [7, 11) is 0. The third-order valence-electron chi connectivity index (χ3n) is 3.44. The lowest BCUT2D eigenvalue weighted by molar-refractivity contribution is 0.0998. The number of thioether (sulfide) groups is 1. The molecule has 1 aromatic heterocycles. The van der Waals surface area contributed by atoms with Crippen molar-refractivity contribution in [2.45, 2.75) is 31.6 Å². The van der Waals surface area contributed by atoms with E-state index in [0.29, 0.717) is 34.4 Å². The molecule has 0 saturated heterocycles. The second-order valence-corrected chi connectivity index (χ2v) is 7.86. The van der Waals surface area contributed by atoms with E-state index in [4.69, 9.17) is 5.73 Å². The van der Waals surface area contributed by atoms with Crippen LogP contribution in [0.1, 0.15) is 35.3 Å². The van der Waals surface area contributed by atoms with E-state index < -0.39 is 11.9 Å². The molecule has 0 atom stereocenters. The van der Waals surface area contributed by atoms with Crippen LogP contribution in [-0.4, -0.2) is 22.9 Å². The van der Waals surface area contributed by atoms with E-state index in [9.17, 15) is 14.0 Å². The summed E-state index contributed by atoms with van der Waals surface area (Å²) in [5.74, 6) is -0.364. The fourth-order valence-corrected chi connectivity index (χ4v) is 4.03. The average Bonchev–Trinajstić information content (AvgIpc) is 2.97. The highest BCUT2D eigenvalue weighted by Gasteiger charge is 2.21. The minimum Gasteiger partial charge on any atom is -0.365 e. The van der Waals surface area contributed by atoms with Gasteiger partial charge < -0.3 is 11.1 Å². The Hall–Kier alpha value is -2.13. The number of primary amides is 1. The molecule has 4 N–H and O–H groups in total. The number of hydrogen-bond acceptors (Lipinski definition) is 5. The number of hydrogen-bond donors (Lipinski definition) is 3. The fourth-order valence-electron chi connectivity index (χ4n) is 2.09. The van der Waals surface area contributed by atoms with Gasteiger partial charge in [0.1, 0.15) is 21.4 Å². The van der Waals surface area contributed by atoms with Crippen LogP contribution in [0.5, 0.6) is 0 Å². The van der Waals surface area contributed by atoms with Crippen LogP contribution in [0, 0.1) is 18.7 Å². The van der Waals surface area contributed by atoms with Crippen LogP contribution < -0.4 is 16.4 Å². The van der Waals surface area contributed by atoms with Gasteiger partial charge in [-0.05, 0) is 35.5 Å². The number of nitrogens with one attached hydrogen (secondary N) is 2. The second kappa shape index (κ2) is 9.00. The SMILES string of the molecule is Cc1cccc(CSc2nsc(NC(=O)NCC(C)C)c2C(N)=O)c1F. The van der Waals surface area contributed by atoms with Gasteiger partial charge in [0.15, 0.2) is 0 Å². The summed E-state index contributed by atoms with van der Waals surface area (Å²) < 4.78 is 18.3. The Balaban J connectivity index is 2.12. The first-order valence-electron chi connectivity index (χ1n) is 8.00. The molecular formula is C17H21FN4O2S2. The lowest BCUT2D eigenvalue weighted by atomic mass is 10.1. The highest BCUT2D eigenvalue weighted by atomic mass is 32.2. The van der Waals surface area contributed by atoms with E-state index in [1.807, 2.05) is 13.8 Å². The second-order valence-electron chi connectivity index (χ2n) is 6.12. The molecule has 2 aromatic rings. The molecule has 0 radical (unpaired) electrons. The summed E-state index contributed by atoms with van der Waals surface area (Å²) >= 11 is 2.18. The summed E-state index contributed by atoms with van der Waals surface area (Å²) in [5, 5.41) is 5.96. The molecule has 9 heteroatoms. The number of halogens is 1. The van der Waals surface area contributed by atoms with Gasteiger partial charge in [0, 0.05) is 12.3 Å². The van der Waals surface area contributed by atoms with Gasteiger partial charge in [-0.3, -0.25) is 10.1 Å². The summed E-state index contributed by atoms with van der Waals surface area (Å²) in [6.07, 6.45) is 0. The van der Waals surface area contributed by atoms with Crippen molar-refractivity contribution < 1.29 is 14.0 Å². The van der Waals surface area contributed by atoms with E-state index in [2.05, 4.69) is 15.0 Å². The normalized spacial score (nSPS) is 10.8. The standard InChI is InChI=1S/C17H21FN4O2S2/c1-9(2)7-20-17(24)21-15-12(14(19)23)16(22-26-15)25-8-11-6-4-5-10(3)13(11)18/h4-6,9H,7-8H2,1-3H3,(H2,19,23)(H2,20,21,24). The molecule has 0 fully saturated rings. The van der Waals surface area contributed by atoms with Gasteiger partial charge in [-0.25, -0.2) is 9.18 Å². The van der Waals surface area contributed by atoms with Crippen LogP contribution in [0.4, 0.5) is 14.2 Å². The quantitative estimate of drug-likeness (QED) is 0.621. The van der Waals surface area contributed by atoms with E-state index in [1.165, 1.54) is 11.8 Å². The first-order chi connectivity index (χ1) is 12.3. The van der Waals surface area contributed by atoms with E-state index >= 15 is 0 Å². The minimum absolute atomic E-state index is 0.146. The summed E-state index contributed by atoms with van der Waals surface area (Å²) in [6, 6.07) is 4.73. The van der Waals surface area contributed by atoms with Crippen molar-refractivity contribution in [2.75, 3.05) is 11.9 Å². The Labute approximate surface area is 159 Å². The largest absolute Gasteiger partial charge is 0.365 e. The predicted octanol–water partition coefficient (Wildman–Crippen LogP) is 3.76. The summed E-state index contributed by atoms with van der Waals surface area (Å²) in [6.45, 7) is 6.14. The molecule has 0 unspecified atom stereocenters. The summed E-state index contributed by atoms with van der Waals surface area (Å²) in [5.41, 5.74) is 6.67. The number of aromatic nitrogens is 1. The van der Waals surface area contributed by atoms with Crippen LogP contribution in [0.2, 0.25) is 0 Å². The molecule has 0 bridgehead atoms. The predicted molar refractivity (Wildman–Crippen MR) is 103 cm³/mol. The number of amides is 3. The van der Waals surface area contributed by atoms with Crippen LogP contribution in [-0.2, 0) is 5.75 Å². The number of urea groups is 1. The number of nitrogens with two attached hydrogens (primary N) is 1. The Bertz CT molecular complexity index is 808. The van der Waals surface area contributed by atoms with Crippen molar-refractivity contribution in [3.63, 3.8) is 0 Å². The first kappa shape index (κ1) is 20.2. The van der Waals surface area contributed by atoms with Gasteiger partial charge in [-0.2, -0.15) is 4.37 Å². The lowest BCUT2D eigenvalue weighted by Gasteiger charge is -2.09. The molecule has 6 nitrogen and oxygen atoms in total. The van der Waals surface area contributed by atoms with Crippen molar-refractivity contribution in [2.24, 2.45) is 11.7 Å². The molecule has 1 heterocycles. The smallest absolute Gasteiger partial charge is 0.319 e. The van der Waals surface area contributed by atoms with Gasteiger partial charge in [0.25, 0.3) is 5.91 Å². The number of carbonyl (C=O) groups excluding carboxylic acids is 2. The Kier molecular flexibility index (Phi) is 6.98.